The summed E-state index contributed by atoms with van der Waals surface area (Å²) in [6.45, 7) is 8.11. The Bertz CT molecular complexity index is 1180. The molecule has 6 nitrogen and oxygen atoms in total. The molecule has 8 heteroatoms. The fraction of sp³-hybridized carbons (Fsp3) is 0.174. The fourth-order valence-electron chi connectivity index (χ4n) is 3.37. The van der Waals surface area contributed by atoms with Crippen LogP contribution in [0.25, 0.3) is 5.69 Å². The van der Waals surface area contributed by atoms with Crippen LogP contribution in [0, 0.1) is 27.7 Å². The summed E-state index contributed by atoms with van der Waals surface area (Å²) in [6, 6.07) is 12.8. The van der Waals surface area contributed by atoms with Gasteiger partial charge in [-0.15, -0.1) is 0 Å². The molecule has 0 aliphatic rings. The van der Waals surface area contributed by atoms with Crippen LogP contribution in [0.5, 0.6) is 0 Å². The zero-order chi connectivity index (χ0) is 22.7. The van der Waals surface area contributed by atoms with E-state index in [-0.39, 0.29) is 0 Å². The van der Waals surface area contributed by atoms with Crippen LogP contribution in [0.3, 0.4) is 0 Å². The number of hydrogen-bond acceptors (Lipinski definition) is 3. The van der Waals surface area contributed by atoms with Crippen LogP contribution in [0.1, 0.15) is 28.1 Å². The second-order valence-corrected chi connectivity index (χ2v) is 8.14. The third-order valence-electron chi connectivity index (χ3n) is 4.76. The molecule has 31 heavy (non-hydrogen) atoms. The lowest BCUT2D eigenvalue weighted by molar-refractivity contribution is -0.136. The van der Waals surface area contributed by atoms with Crippen LogP contribution >= 0.6 is 23.2 Å². The summed E-state index contributed by atoms with van der Waals surface area (Å²) in [5.74, 6) is -1.79. The summed E-state index contributed by atoms with van der Waals surface area (Å²) in [4.78, 5) is 24.1. The van der Waals surface area contributed by atoms with Gasteiger partial charge in [0.15, 0.2) is 0 Å². The first kappa shape index (κ1) is 22.6. The standard InChI is InChI=1S/C23H22Cl2N4O2/c1-13-5-6-21(14(2)7-13)29-15(3)8-17(16(29)4)12-26-28-23(31)22(30)27-20-10-18(24)9-19(25)11-20/h5-12H,1-4H3,(H,27,30)(H,28,31)/b26-12-. The predicted octanol–water partition coefficient (Wildman–Crippen LogP) is 5.11. The highest BCUT2D eigenvalue weighted by Crippen LogP contribution is 2.24. The highest BCUT2D eigenvalue weighted by Gasteiger charge is 2.14. The van der Waals surface area contributed by atoms with Crippen LogP contribution < -0.4 is 10.7 Å². The second-order valence-electron chi connectivity index (χ2n) is 7.26. The van der Waals surface area contributed by atoms with E-state index in [9.17, 15) is 9.59 Å². The molecule has 0 atom stereocenters. The van der Waals surface area contributed by atoms with Crippen molar-refractivity contribution < 1.29 is 9.59 Å². The highest BCUT2D eigenvalue weighted by atomic mass is 35.5. The van der Waals surface area contributed by atoms with Gasteiger partial charge >= 0.3 is 11.8 Å². The minimum Gasteiger partial charge on any atom is -0.318 e. The quantitative estimate of drug-likeness (QED) is 0.325. The van der Waals surface area contributed by atoms with Crippen molar-refractivity contribution in [2.45, 2.75) is 27.7 Å². The molecule has 0 bridgehead atoms. The highest BCUT2D eigenvalue weighted by molar-refractivity contribution is 6.40. The monoisotopic (exact) mass is 456 g/mol. The number of nitrogens with zero attached hydrogens (tertiary/aromatic N) is 2. The van der Waals surface area contributed by atoms with Crippen molar-refractivity contribution in [3.05, 3.63) is 80.6 Å². The van der Waals surface area contributed by atoms with Gasteiger partial charge in [0.05, 0.1) is 6.21 Å². The van der Waals surface area contributed by atoms with Gasteiger partial charge in [-0.25, -0.2) is 5.43 Å². The van der Waals surface area contributed by atoms with Crippen molar-refractivity contribution in [2.24, 2.45) is 5.10 Å². The molecule has 1 aromatic heterocycles. The number of rotatable bonds is 4. The topological polar surface area (TPSA) is 75.5 Å². The summed E-state index contributed by atoms with van der Waals surface area (Å²) in [5, 5.41) is 7.06. The van der Waals surface area contributed by atoms with Gasteiger partial charge in [0.2, 0.25) is 0 Å². The molecule has 0 saturated heterocycles. The molecule has 160 valence electrons. The Labute approximate surface area is 190 Å². The number of amides is 2. The molecule has 0 radical (unpaired) electrons. The number of halogens is 2. The molecule has 2 aromatic carbocycles. The largest absolute Gasteiger partial charge is 0.329 e. The average molecular weight is 457 g/mol. The molecule has 0 aliphatic heterocycles. The normalized spacial score (nSPS) is 11.0. The van der Waals surface area contributed by atoms with Crippen molar-refractivity contribution in [1.82, 2.24) is 9.99 Å². The first-order valence-corrected chi connectivity index (χ1v) is 10.3. The molecule has 2 amide bonds. The Kier molecular flexibility index (Phi) is 6.83. The van der Waals surface area contributed by atoms with E-state index in [1.165, 1.54) is 30.0 Å². The Morgan fingerprint density at radius 2 is 1.61 bits per heavy atom. The third-order valence-corrected chi connectivity index (χ3v) is 5.20. The van der Waals surface area contributed by atoms with Gasteiger partial charge in [-0.3, -0.25) is 9.59 Å². The number of nitrogens with one attached hydrogen (secondary N) is 2. The maximum atomic E-state index is 12.1. The number of carbonyl (C=O) groups is 2. The minimum atomic E-state index is -0.907. The number of aryl methyl sites for hydroxylation is 3. The SMILES string of the molecule is Cc1ccc(-n2c(C)cc(/C=N\NC(=O)C(=O)Nc3cc(Cl)cc(Cl)c3)c2C)c(C)c1. The molecule has 3 aromatic rings. The maximum absolute atomic E-state index is 12.1. The molecule has 0 unspecified atom stereocenters. The van der Waals surface area contributed by atoms with E-state index in [0.717, 1.165) is 28.2 Å². The van der Waals surface area contributed by atoms with Crippen molar-refractivity contribution in [3.8, 4) is 5.69 Å². The van der Waals surface area contributed by atoms with Crippen LogP contribution in [0.4, 0.5) is 5.69 Å². The number of aromatic nitrogens is 1. The number of hydrazone groups is 1. The first-order valence-electron chi connectivity index (χ1n) is 9.52. The molecular weight excluding hydrogens is 435 g/mol. The predicted molar refractivity (Wildman–Crippen MR) is 126 cm³/mol. The fourth-order valence-corrected chi connectivity index (χ4v) is 3.90. The van der Waals surface area contributed by atoms with Gasteiger partial charge in [-0.05, 0) is 63.6 Å². The van der Waals surface area contributed by atoms with Crippen molar-refractivity contribution in [3.63, 3.8) is 0 Å². The van der Waals surface area contributed by atoms with E-state index in [0.29, 0.717) is 15.7 Å². The van der Waals surface area contributed by atoms with Crippen molar-refractivity contribution in [1.29, 1.82) is 0 Å². The van der Waals surface area contributed by atoms with Gasteiger partial charge in [0, 0.05) is 38.4 Å². The molecule has 3 rings (SSSR count). The summed E-state index contributed by atoms with van der Waals surface area (Å²) >= 11 is 11.8. The van der Waals surface area contributed by atoms with E-state index in [2.05, 4.69) is 52.5 Å². The third kappa shape index (κ3) is 5.34. The van der Waals surface area contributed by atoms with E-state index in [1.54, 1.807) is 0 Å². The summed E-state index contributed by atoms with van der Waals surface area (Å²) < 4.78 is 2.13. The van der Waals surface area contributed by atoms with E-state index in [1.807, 2.05) is 19.9 Å². The summed E-state index contributed by atoms with van der Waals surface area (Å²) in [5.41, 5.74) is 8.85. The smallest absolute Gasteiger partial charge is 0.318 e. The Morgan fingerprint density at radius 1 is 0.935 bits per heavy atom. The lowest BCUT2D eigenvalue weighted by Crippen LogP contribution is -2.32. The zero-order valence-corrected chi connectivity index (χ0v) is 19.1. The molecule has 1 heterocycles. The summed E-state index contributed by atoms with van der Waals surface area (Å²) in [7, 11) is 0. The van der Waals surface area contributed by atoms with Crippen LogP contribution in [0.2, 0.25) is 10.0 Å². The van der Waals surface area contributed by atoms with Crippen LogP contribution in [0.15, 0.2) is 47.6 Å². The lowest BCUT2D eigenvalue weighted by Gasteiger charge is -2.13. The average Bonchev–Trinajstić information content (AvgIpc) is 2.94. The maximum Gasteiger partial charge on any atom is 0.329 e. The van der Waals surface area contributed by atoms with Crippen molar-refractivity contribution >= 4 is 46.9 Å². The molecule has 0 spiro atoms. The molecular formula is C23H22Cl2N4O2. The Hall–Kier alpha value is -3.09. The van der Waals surface area contributed by atoms with Gasteiger partial charge in [0.25, 0.3) is 0 Å². The van der Waals surface area contributed by atoms with Gasteiger partial charge in [-0.1, -0.05) is 40.9 Å². The van der Waals surface area contributed by atoms with E-state index in [4.69, 9.17) is 23.2 Å². The summed E-state index contributed by atoms with van der Waals surface area (Å²) in [6.07, 6.45) is 1.52. The number of anilines is 1. The molecule has 0 aliphatic carbocycles. The van der Waals surface area contributed by atoms with Gasteiger partial charge in [0.1, 0.15) is 0 Å². The number of carbonyl (C=O) groups excluding carboxylic acids is 2. The van der Waals surface area contributed by atoms with Crippen LogP contribution in [-0.2, 0) is 9.59 Å². The second kappa shape index (κ2) is 9.37. The van der Waals surface area contributed by atoms with Crippen LogP contribution in [-0.4, -0.2) is 22.6 Å². The Morgan fingerprint density at radius 3 is 2.26 bits per heavy atom. The van der Waals surface area contributed by atoms with Gasteiger partial charge in [-0.2, -0.15) is 5.10 Å². The van der Waals surface area contributed by atoms with E-state index >= 15 is 0 Å². The number of benzene rings is 2. The Balaban J connectivity index is 1.71. The molecule has 2 N–H and O–H groups in total. The minimum absolute atomic E-state index is 0.318. The van der Waals surface area contributed by atoms with E-state index < -0.39 is 11.8 Å². The lowest BCUT2D eigenvalue weighted by atomic mass is 10.1. The molecule has 0 saturated carbocycles. The first-order chi connectivity index (χ1) is 14.7. The zero-order valence-electron chi connectivity index (χ0n) is 17.6. The number of hydrogen-bond donors (Lipinski definition) is 2. The molecule has 0 fully saturated rings. The van der Waals surface area contributed by atoms with Gasteiger partial charge < -0.3 is 9.88 Å². The van der Waals surface area contributed by atoms with Crippen molar-refractivity contribution in [2.75, 3.05) is 5.32 Å².